The molecule has 0 aromatic rings. The molecule has 0 unspecified atom stereocenters. The van der Waals surface area contributed by atoms with E-state index < -0.39 is 10.0 Å². The molecule has 4 nitrogen and oxygen atoms in total. The van der Waals surface area contributed by atoms with Crippen LogP contribution in [-0.2, 0) is 10.0 Å². The smallest absolute Gasteiger partial charge is 0.214 e. The first-order chi connectivity index (χ1) is 14.4. The van der Waals surface area contributed by atoms with Gasteiger partial charge >= 0.3 is 0 Å². The maximum absolute atomic E-state index is 12.5. The minimum Gasteiger partial charge on any atom is -1.00 e. The summed E-state index contributed by atoms with van der Waals surface area (Å²) in [6, 6.07) is 0. The highest BCUT2D eigenvalue weighted by Gasteiger charge is 2.24. The van der Waals surface area contributed by atoms with Crippen LogP contribution in [0.4, 0.5) is 0 Å². The molecule has 0 saturated heterocycles. The van der Waals surface area contributed by atoms with E-state index >= 15 is 0 Å². The minimum atomic E-state index is -3.10. The van der Waals surface area contributed by atoms with Crippen molar-refractivity contribution in [3.05, 3.63) is 0 Å². The van der Waals surface area contributed by atoms with Gasteiger partial charge in [-0.25, -0.2) is 8.42 Å². The summed E-state index contributed by atoms with van der Waals surface area (Å²) in [5.41, 5.74) is 0. The second-order valence-electron chi connectivity index (χ2n) is 9.25. The van der Waals surface area contributed by atoms with Gasteiger partial charge in [-0.2, -0.15) is 4.31 Å². The molecule has 0 aliphatic heterocycles. The Balaban J connectivity index is 0. The molecule has 0 bridgehead atoms. The number of quaternary nitrogens is 1. The van der Waals surface area contributed by atoms with Crippen molar-refractivity contribution in [1.29, 1.82) is 0 Å². The van der Waals surface area contributed by atoms with Gasteiger partial charge in [-0.1, -0.05) is 90.4 Å². The number of nitrogens with zero attached hydrogens (tertiary/aromatic N) is 2. The van der Waals surface area contributed by atoms with E-state index in [1.165, 1.54) is 77.0 Å². The number of sulfonamides is 1. The average molecular weight is 575 g/mol. The monoisotopic (exact) mass is 574 g/mol. The Kier molecular flexibility index (Phi) is 23.0. The molecule has 0 heterocycles. The van der Waals surface area contributed by atoms with Gasteiger partial charge in [0, 0.05) is 7.05 Å². The topological polar surface area (TPSA) is 37.4 Å². The number of rotatable bonds is 22. The van der Waals surface area contributed by atoms with Crippen LogP contribution >= 0.6 is 0 Å². The molecule has 0 saturated carbocycles. The van der Waals surface area contributed by atoms with Crippen LogP contribution in [0.3, 0.4) is 0 Å². The van der Waals surface area contributed by atoms with Crippen LogP contribution in [0.2, 0.25) is 0 Å². The quantitative estimate of drug-likeness (QED) is 0.113. The molecule has 0 spiro atoms. The largest absolute Gasteiger partial charge is 1.00 e. The van der Waals surface area contributed by atoms with Crippen LogP contribution in [0.25, 0.3) is 0 Å². The molecular formula is C25H55IN2O2S. The molecule has 0 N–H and O–H groups in total. The summed E-state index contributed by atoms with van der Waals surface area (Å²) in [6.45, 7) is 13.6. The summed E-state index contributed by atoms with van der Waals surface area (Å²) < 4.78 is 27.7. The molecule has 0 radical (unpaired) electrons. The van der Waals surface area contributed by atoms with Crippen molar-refractivity contribution in [2.45, 2.75) is 118 Å². The third-order valence-corrected chi connectivity index (χ3v) is 9.07. The molecule has 0 aromatic heterocycles. The van der Waals surface area contributed by atoms with Gasteiger partial charge in [-0.05, 0) is 27.2 Å². The Morgan fingerprint density at radius 2 is 0.968 bits per heavy atom. The first-order valence-corrected chi connectivity index (χ1v) is 14.8. The normalized spacial score (nSPS) is 12.3. The molecule has 0 amide bonds. The van der Waals surface area contributed by atoms with Crippen molar-refractivity contribution >= 4 is 10.0 Å². The van der Waals surface area contributed by atoms with E-state index in [1.807, 2.05) is 0 Å². The predicted molar refractivity (Wildman–Crippen MR) is 133 cm³/mol. The molecule has 190 valence electrons. The highest BCUT2D eigenvalue weighted by atomic mass is 127. The van der Waals surface area contributed by atoms with Gasteiger partial charge in [0.15, 0.2) is 0 Å². The highest BCUT2D eigenvalue weighted by Crippen LogP contribution is 2.14. The molecule has 0 aliphatic rings. The fourth-order valence-corrected chi connectivity index (χ4v) is 5.51. The zero-order valence-corrected chi connectivity index (χ0v) is 24.6. The van der Waals surface area contributed by atoms with Crippen molar-refractivity contribution < 1.29 is 36.9 Å². The lowest BCUT2D eigenvalue weighted by molar-refractivity contribution is -0.922. The van der Waals surface area contributed by atoms with Crippen LogP contribution in [-0.4, -0.2) is 62.7 Å². The first-order valence-electron chi connectivity index (χ1n) is 13.2. The second kappa shape index (κ2) is 21.2. The van der Waals surface area contributed by atoms with Gasteiger partial charge in [0.1, 0.15) is 0 Å². The first kappa shape index (κ1) is 33.8. The van der Waals surface area contributed by atoms with E-state index in [9.17, 15) is 8.42 Å². The lowest BCUT2D eigenvalue weighted by Crippen LogP contribution is -3.00. The van der Waals surface area contributed by atoms with Crippen LogP contribution in [0.5, 0.6) is 0 Å². The zero-order chi connectivity index (χ0) is 22.7. The molecule has 0 fully saturated rings. The number of likely N-dealkylation sites (N-methyl/N-ethyl adjacent to an activating group) is 2. The Hall–Kier alpha value is 0.600. The molecule has 0 aromatic carbocycles. The Morgan fingerprint density at radius 1 is 0.613 bits per heavy atom. The van der Waals surface area contributed by atoms with Gasteiger partial charge in [0.25, 0.3) is 0 Å². The van der Waals surface area contributed by atoms with Gasteiger partial charge < -0.3 is 28.5 Å². The molecule has 31 heavy (non-hydrogen) atoms. The standard InChI is InChI=1S/C25H55N2O2S.HI/c1-6-10-11-12-13-14-15-16-17-18-19-20-21-22-25-30(28,29)26(5)23-24-27(7-2,8-3)9-4;/h6-25H2,1-5H3;1H/q+1;/p-1. The van der Waals surface area contributed by atoms with Crippen molar-refractivity contribution in [1.82, 2.24) is 4.31 Å². The fourth-order valence-electron chi connectivity index (χ4n) is 4.27. The van der Waals surface area contributed by atoms with E-state index in [0.717, 1.165) is 43.5 Å². The average Bonchev–Trinajstić information content (AvgIpc) is 2.75. The molecule has 0 aliphatic carbocycles. The SMILES string of the molecule is CCCCCCCCCCCCCCCCS(=O)(=O)N(C)CC[N+](CC)(CC)CC.[I-]. The van der Waals surface area contributed by atoms with E-state index in [1.54, 1.807) is 11.4 Å². The third-order valence-electron chi connectivity index (χ3n) is 7.13. The van der Waals surface area contributed by atoms with Crippen molar-refractivity contribution in [2.75, 3.05) is 45.5 Å². The maximum Gasteiger partial charge on any atom is 0.214 e. The molecular weight excluding hydrogens is 519 g/mol. The number of hydrogen-bond donors (Lipinski definition) is 0. The fraction of sp³-hybridized carbons (Fsp3) is 1.00. The summed E-state index contributed by atoms with van der Waals surface area (Å²) in [7, 11) is -1.34. The molecule has 0 rings (SSSR count). The van der Waals surface area contributed by atoms with E-state index in [4.69, 9.17) is 0 Å². The summed E-state index contributed by atoms with van der Waals surface area (Å²) >= 11 is 0. The van der Waals surface area contributed by atoms with E-state index in [-0.39, 0.29) is 24.0 Å². The highest BCUT2D eigenvalue weighted by molar-refractivity contribution is 7.89. The zero-order valence-electron chi connectivity index (χ0n) is 21.6. The summed E-state index contributed by atoms with van der Waals surface area (Å²) in [5.74, 6) is 0.311. The van der Waals surface area contributed by atoms with E-state index in [0.29, 0.717) is 12.3 Å². The Labute approximate surface area is 213 Å². The van der Waals surface area contributed by atoms with Gasteiger partial charge in [-0.3, -0.25) is 0 Å². The van der Waals surface area contributed by atoms with Crippen LogP contribution < -0.4 is 24.0 Å². The third kappa shape index (κ3) is 16.8. The lowest BCUT2D eigenvalue weighted by Gasteiger charge is -2.36. The van der Waals surface area contributed by atoms with Gasteiger partial charge in [-0.15, -0.1) is 0 Å². The van der Waals surface area contributed by atoms with Gasteiger partial charge in [0.2, 0.25) is 10.0 Å². The van der Waals surface area contributed by atoms with E-state index in [2.05, 4.69) is 27.7 Å². The van der Waals surface area contributed by atoms with Crippen LogP contribution in [0.15, 0.2) is 0 Å². The Bertz CT molecular complexity index is 474. The Morgan fingerprint density at radius 3 is 1.32 bits per heavy atom. The molecule has 0 atom stereocenters. The van der Waals surface area contributed by atoms with Crippen LogP contribution in [0, 0.1) is 0 Å². The predicted octanol–water partition coefficient (Wildman–Crippen LogP) is 3.61. The van der Waals surface area contributed by atoms with Crippen molar-refractivity contribution in [2.24, 2.45) is 0 Å². The molecule has 6 heteroatoms. The lowest BCUT2D eigenvalue weighted by atomic mass is 10.0. The summed E-state index contributed by atoms with van der Waals surface area (Å²) in [4.78, 5) is 0. The summed E-state index contributed by atoms with van der Waals surface area (Å²) in [5, 5.41) is 0. The summed E-state index contributed by atoms with van der Waals surface area (Å²) in [6.07, 6.45) is 18.1. The second-order valence-corrected chi connectivity index (χ2v) is 11.4. The minimum absolute atomic E-state index is 0. The maximum atomic E-state index is 12.5. The number of unbranched alkanes of at least 4 members (excludes halogenated alkanes) is 13. The number of hydrogen-bond acceptors (Lipinski definition) is 2. The van der Waals surface area contributed by atoms with Crippen molar-refractivity contribution in [3.8, 4) is 0 Å². The van der Waals surface area contributed by atoms with Gasteiger partial charge in [0.05, 0.1) is 38.5 Å². The van der Waals surface area contributed by atoms with Crippen molar-refractivity contribution in [3.63, 3.8) is 0 Å². The number of halogens is 1. The van der Waals surface area contributed by atoms with Crippen LogP contribution in [0.1, 0.15) is 118 Å².